The lowest BCUT2D eigenvalue weighted by Gasteiger charge is -2.04. The van der Waals surface area contributed by atoms with E-state index in [-0.39, 0.29) is 5.82 Å². The first-order chi connectivity index (χ1) is 6.65. The van der Waals surface area contributed by atoms with Gasteiger partial charge in [-0.1, -0.05) is 12.1 Å². The van der Waals surface area contributed by atoms with E-state index in [9.17, 15) is 4.39 Å². The highest BCUT2D eigenvalue weighted by Crippen LogP contribution is 2.11. The molecule has 0 fully saturated rings. The molecule has 1 rings (SSSR count). The van der Waals surface area contributed by atoms with Gasteiger partial charge in [-0.2, -0.15) is 0 Å². The van der Waals surface area contributed by atoms with Gasteiger partial charge in [0.15, 0.2) is 0 Å². The Morgan fingerprint density at radius 2 is 2.14 bits per heavy atom. The molecule has 0 saturated carbocycles. The smallest absolute Gasteiger partial charge is 0.123 e. The lowest BCUT2D eigenvalue weighted by molar-refractivity contribution is 0.627. The molecule has 0 aliphatic heterocycles. The zero-order valence-corrected chi connectivity index (χ0v) is 8.71. The van der Waals surface area contributed by atoms with Crippen molar-refractivity contribution in [3.05, 3.63) is 47.4 Å². The molecule has 0 aromatic heterocycles. The SMILES string of the molecule is C/C=C\N=C(C)c1cc(F)ccc1C. The molecule has 0 heterocycles. The van der Waals surface area contributed by atoms with Gasteiger partial charge in [0.1, 0.15) is 5.82 Å². The number of allylic oxidation sites excluding steroid dienone is 1. The van der Waals surface area contributed by atoms with Crippen LogP contribution in [0, 0.1) is 12.7 Å². The molecular formula is C12H14FN. The number of aryl methyl sites for hydroxylation is 1. The van der Waals surface area contributed by atoms with Crippen LogP contribution in [0.4, 0.5) is 4.39 Å². The normalized spacial score (nSPS) is 12.4. The van der Waals surface area contributed by atoms with Crippen molar-refractivity contribution in [2.75, 3.05) is 0 Å². The van der Waals surface area contributed by atoms with Crippen LogP contribution in [0.25, 0.3) is 0 Å². The average molecular weight is 191 g/mol. The van der Waals surface area contributed by atoms with Crippen molar-refractivity contribution in [3.8, 4) is 0 Å². The van der Waals surface area contributed by atoms with E-state index in [2.05, 4.69) is 4.99 Å². The molecule has 0 aliphatic rings. The first-order valence-corrected chi connectivity index (χ1v) is 4.57. The van der Waals surface area contributed by atoms with Gasteiger partial charge in [-0.3, -0.25) is 4.99 Å². The minimum Gasteiger partial charge on any atom is -0.261 e. The van der Waals surface area contributed by atoms with E-state index in [0.29, 0.717) is 0 Å². The summed E-state index contributed by atoms with van der Waals surface area (Å²) in [5.74, 6) is -0.222. The number of rotatable bonds is 2. The summed E-state index contributed by atoms with van der Waals surface area (Å²) in [7, 11) is 0. The lowest BCUT2D eigenvalue weighted by atomic mass is 10.1. The second-order valence-electron chi connectivity index (χ2n) is 3.16. The van der Waals surface area contributed by atoms with E-state index in [1.807, 2.05) is 26.8 Å². The Morgan fingerprint density at radius 1 is 1.43 bits per heavy atom. The van der Waals surface area contributed by atoms with Crippen molar-refractivity contribution in [3.63, 3.8) is 0 Å². The van der Waals surface area contributed by atoms with Crippen LogP contribution in [0.1, 0.15) is 25.0 Å². The fraction of sp³-hybridized carbons (Fsp3) is 0.250. The van der Waals surface area contributed by atoms with Crippen molar-refractivity contribution >= 4 is 5.71 Å². The van der Waals surface area contributed by atoms with Gasteiger partial charge in [-0.15, -0.1) is 0 Å². The summed E-state index contributed by atoms with van der Waals surface area (Å²) >= 11 is 0. The molecule has 2 heteroatoms. The number of halogens is 1. The quantitative estimate of drug-likeness (QED) is 0.635. The van der Waals surface area contributed by atoms with Crippen molar-refractivity contribution < 1.29 is 4.39 Å². The van der Waals surface area contributed by atoms with Crippen LogP contribution in [0.5, 0.6) is 0 Å². The van der Waals surface area contributed by atoms with Gasteiger partial charge in [-0.05, 0) is 38.5 Å². The van der Waals surface area contributed by atoms with Crippen molar-refractivity contribution in [2.24, 2.45) is 4.99 Å². The Hall–Kier alpha value is -1.44. The summed E-state index contributed by atoms with van der Waals surface area (Å²) in [5.41, 5.74) is 2.74. The van der Waals surface area contributed by atoms with Crippen LogP contribution < -0.4 is 0 Å². The van der Waals surface area contributed by atoms with Gasteiger partial charge in [-0.25, -0.2) is 4.39 Å². The second kappa shape index (κ2) is 4.70. The Balaban J connectivity index is 3.11. The van der Waals surface area contributed by atoms with Gasteiger partial charge < -0.3 is 0 Å². The van der Waals surface area contributed by atoms with Crippen LogP contribution in [0.3, 0.4) is 0 Å². The zero-order chi connectivity index (χ0) is 10.6. The molecule has 1 nitrogen and oxygen atoms in total. The zero-order valence-electron chi connectivity index (χ0n) is 8.71. The Morgan fingerprint density at radius 3 is 2.79 bits per heavy atom. The van der Waals surface area contributed by atoms with Gasteiger partial charge in [0.25, 0.3) is 0 Å². The largest absolute Gasteiger partial charge is 0.261 e. The first-order valence-electron chi connectivity index (χ1n) is 4.57. The maximum atomic E-state index is 13.0. The number of hydrogen-bond donors (Lipinski definition) is 0. The third-order valence-electron chi connectivity index (χ3n) is 2.01. The molecule has 0 bridgehead atoms. The van der Waals surface area contributed by atoms with Crippen molar-refractivity contribution in [1.82, 2.24) is 0 Å². The highest BCUT2D eigenvalue weighted by Gasteiger charge is 2.02. The van der Waals surface area contributed by atoms with Crippen LogP contribution in [0.2, 0.25) is 0 Å². The van der Waals surface area contributed by atoms with E-state index in [1.54, 1.807) is 12.3 Å². The third kappa shape index (κ3) is 2.52. The monoisotopic (exact) mass is 191 g/mol. The minimum atomic E-state index is -0.222. The number of nitrogens with zero attached hydrogens (tertiary/aromatic N) is 1. The molecule has 0 saturated heterocycles. The molecular weight excluding hydrogens is 177 g/mol. The highest BCUT2D eigenvalue weighted by molar-refractivity contribution is 6.00. The third-order valence-corrected chi connectivity index (χ3v) is 2.01. The molecule has 0 spiro atoms. The maximum absolute atomic E-state index is 13.0. The van der Waals surface area contributed by atoms with Crippen LogP contribution in [-0.4, -0.2) is 5.71 Å². The molecule has 0 unspecified atom stereocenters. The fourth-order valence-electron chi connectivity index (χ4n) is 1.24. The van der Waals surface area contributed by atoms with Crippen LogP contribution in [-0.2, 0) is 0 Å². The van der Waals surface area contributed by atoms with E-state index in [1.165, 1.54) is 12.1 Å². The second-order valence-corrected chi connectivity index (χ2v) is 3.16. The Kier molecular flexibility index (Phi) is 3.57. The molecule has 0 atom stereocenters. The van der Waals surface area contributed by atoms with Crippen molar-refractivity contribution in [2.45, 2.75) is 20.8 Å². The predicted octanol–water partition coefficient (Wildman–Crippen LogP) is 3.48. The van der Waals surface area contributed by atoms with Gasteiger partial charge in [0, 0.05) is 17.5 Å². The fourth-order valence-corrected chi connectivity index (χ4v) is 1.24. The minimum absolute atomic E-state index is 0.222. The number of benzene rings is 1. The van der Waals surface area contributed by atoms with Crippen LogP contribution in [0.15, 0.2) is 35.5 Å². The van der Waals surface area contributed by atoms with E-state index >= 15 is 0 Å². The van der Waals surface area contributed by atoms with Crippen molar-refractivity contribution in [1.29, 1.82) is 0 Å². The molecule has 1 aromatic rings. The predicted molar refractivity (Wildman–Crippen MR) is 58.2 cm³/mol. The molecule has 0 amide bonds. The summed E-state index contributed by atoms with van der Waals surface area (Å²) in [6, 6.07) is 4.73. The standard InChI is InChI=1S/C12H14FN/c1-4-7-14-10(3)12-8-11(13)6-5-9(12)2/h4-8H,1-3H3/b7-4-,14-10?. The molecule has 74 valence electrons. The average Bonchev–Trinajstić information content (AvgIpc) is 2.18. The summed E-state index contributed by atoms with van der Waals surface area (Å²) in [5, 5.41) is 0. The molecule has 0 aliphatic carbocycles. The molecule has 14 heavy (non-hydrogen) atoms. The van der Waals surface area contributed by atoms with Gasteiger partial charge in [0.05, 0.1) is 0 Å². The Bertz CT molecular complexity index is 378. The summed E-state index contributed by atoms with van der Waals surface area (Å²) in [6.07, 6.45) is 3.55. The van der Waals surface area contributed by atoms with Crippen LogP contribution >= 0.6 is 0 Å². The van der Waals surface area contributed by atoms with Gasteiger partial charge >= 0.3 is 0 Å². The summed E-state index contributed by atoms with van der Waals surface area (Å²) < 4.78 is 13.0. The van der Waals surface area contributed by atoms with E-state index < -0.39 is 0 Å². The summed E-state index contributed by atoms with van der Waals surface area (Å²) in [4.78, 5) is 4.18. The van der Waals surface area contributed by atoms with E-state index in [0.717, 1.165) is 16.8 Å². The summed E-state index contributed by atoms with van der Waals surface area (Å²) in [6.45, 7) is 5.72. The number of hydrogen-bond acceptors (Lipinski definition) is 1. The maximum Gasteiger partial charge on any atom is 0.123 e. The Labute approximate surface area is 84.0 Å². The topological polar surface area (TPSA) is 12.4 Å². The van der Waals surface area contributed by atoms with E-state index in [4.69, 9.17) is 0 Å². The molecule has 0 radical (unpaired) electrons. The number of aliphatic imine (C=N–C) groups is 1. The highest BCUT2D eigenvalue weighted by atomic mass is 19.1. The molecule has 1 aromatic carbocycles. The lowest BCUT2D eigenvalue weighted by Crippen LogP contribution is -1.98. The first kappa shape index (κ1) is 10.6. The van der Waals surface area contributed by atoms with Gasteiger partial charge in [0.2, 0.25) is 0 Å². The molecule has 0 N–H and O–H groups in total.